The Balaban J connectivity index is 1.66. The van der Waals surface area contributed by atoms with Crippen molar-refractivity contribution in [3.05, 3.63) is 54.1 Å². The third-order valence-corrected chi connectivity index (χ3v) is 8.22. The molecule has 2 atom stereocenters. The van der Waals surface area contributed by atoms with Crippen molar-refractivity contribution in [2.24, 2.45) is 5.92 Å². The maximum atomic E-state index is 13.4. The van der Waals surface area contributed by atoms with Gasteiger partial charge < -0.3 is 5.32 Å². The molecule has 0 amide bonds. The molecule has 32 heavy (non-hydrogen) atoms. The second-order valence-electron chi connectivity index (χ2n) is 8.62. The van der Waals surface area contributed by atoms with Crippen molar-refractivity contribution in [1.82, 2.24) is 19.8 Å². The van der Waals surface area contributed by atoms with E-state index in [0.29, 0.717) is 17.8 Å². The summed E-state index contributed by atoms with van der Waals surface area (Å²) in [5.41, 5.74) is 2.10. The molecule has 7 nitrogen and oxygen atoms in total. The van der Waals surface area contributed by atoms with Crippen LogP contribution in [-0.2, 0) is 16.3 Å². The number of hydrogen-bond acceptors (Lipinski definition) is 6. The predicted molar refractivity (Wildman–Crippen MR) is 125 cm³/mol. The van der Waals surface area contributed by atoms with Crippen LogP contribution in [0.3, 0.4) is 0 Å². The van der Waals surface area contributed by atoms with Crippen molar-refractivity contribution in [3.63, 3.8) is 0 Å². The summed E-state index contributed by atoms with van der Waals surface area (Å²) in [4.78, 5) is 4.96. The first kappa shape index (κ1) is 20.9. The van der Waals surface area contributed by atoms with E-state index in [1.165, 1.54) is 23.8 Å². The van der Waals surface area contributed by atoms with Gasteiger partial charge in [-0.05, 0) is 55.0 Å². The van der Waals surface area contributed by atoms with Crippen LogP contribution in [0.2, 0.25) is 0 Å². The van der Waals surface area contributed by atoms with Crippen molar-refractivity contribution in [2.75, 3.05) is 5.32 Å². The van der Waals surface area contributed by atoms with Gasteiger partial charge in [0.2, 0.25) is 14.9 Å². The first-order valence-corrected chi connectivity index (χ1v) is 12.7. The molecule has 5 rings (SSSR count). The van der Waals surface area contributed by atoms with Gasteiger partial charge in [-0.15, -0.1) is 5.10 Å². The number of benzene rings is 2. The second kappa shape index (κ2) is 8.16. The molecule has 1 aliphatic rings. The van der Waals surface area contributed by atoms with Crippen molar-refractivity contribution >= 4 is 32.2 Å². The molecule has 1 saturated carbocycles. The standard InChI is InChI=1S/C24H27N5O2S/c1-3-17-12-14-18(15-13-17)32(30,31)24-23-26-22(25-20-10-6-4-8-16(20)2)19-9-5-7-11-21(19)29(23)28-27-24/h5,7,9,11-16,20H,3-4,6,8,10H2,1-2H3,(H,25,26)/t16-,20+/m0/s1. The van der Waals surface area contributed by atoms with Gasteiger partial charge in [-0.25, -0.2) is 13.4 Å². The average molecular weight is 450 g/mol. The lowest BCUT2D eigenvalue weighted by Crippen LogP contribution is -2.30. The van der Waals surface area contributed by atoms with Crippen LogP contribution in [0.1, 0.15) is 45.1 Å². The molecule has 0 aliphatic heterocycles. The smallest absolute Gasteiger partial charge is 0.229 e. The molecule has 166 valence electrons. The maximum absolute atomic E-state index is 13.4. The van der Waals surface area contributed by atoms with Gasteiger partial charge in [0.1, 0.15) is 5.82 Å². The van der Waals surface area contributed by atoms with Gasteiger partial charge in [0.05, 0.1) is 10.4 Å². The van der Waals surface area contributed by atoms with E-state index >= 15 is 0 Å². The SMILES string of the molecule is CCc1ccc(S(=O)(=O)c2nnn3c2nc(N[C@@H]2CCCC[C@@H]2C)c2ccccc23)cc1. The van der Waals surface area contributed by atoms with Gasteiger partial charge in [-0.3, -0.25) is 0 Å². The molecule has 0 unspecified atom stereocenters. The normalized spacial score (nSPS) is 19.4. The number of aromatic nitrogens is 4. The number of rotatable bonds is 5. The Kier molecular flexibility index (Phi) is 5.33. The lowest BCUT2D eigenvalue weighted by Gasteiger charge is -2.30. The summed E-state index contributed by atoms with van der Waals surface area (Å²) in [6, 6.07) is 15.0. The first-order valence-electron chi connectivity index (χ1n) is 11.2. The Hall–Kier alpha value is -3.00. The van der Waals surface area contributed by atoms with Crippen molar-refractivity contribution in [2.45, 2.75) is 61.9 Å². The second-order valence-corrected chi connectivity index (χ2v) is 10.5. The molecule has 8 heteroatoms. The molecule has 0 bridgehead atoms. The number of hydrogen-bond donors (Lipinski definition) is 1. The molecule has 0 radical (unpaired) electrons. The lowest BCUT2D eigenvalue weighted by atomic mass is 9.86. The van der Waals surface area contributed by atoms with E-state index < -0.39 is 9.84 Å². The van der Waals surface area contributed by atoms with E-state index in [2.05, 4.69) is 22.6 Å². The lowest BCUT2D eigenvalue weighted by molar-refractivity contribution is 0.349. The molecular weight excluding hydrogens is 422 g/mol. The van der Waals surface area contributed by atoms with Crippen LogP contribution in [0.4, 0.5) is 5.82 Å². The summed E-state index contributed by atoms with van der Waals surface area (Å²) in [7, 11) is -3.86. The number of sulfone groups is 1. The van der Waals surface area contributed by atoms with E-state index in [0.717, 1.165) is 29.3 Å². The molecule has 1 aliphatic carbocycles. The Morgan fingerprint density at radius 3 is 2.56 bits per heavy atom. The molecule has 4 aromatic rings. The highest BCUT2D eigenvalue weighted by Crippen LogP contribution is 2.31. The molecule has 2 aromatic carbocycles. The fourth-order valence-corrected chi connectivity index (χ4v) is 5.79. The number of nitrogens with zero attached hydrogens (tertiary/aromatic N) is 4. The van der Waals surface area contributed by atoms with Gasteiger partial charge in [0, 0.05) is 11.4 Å². The van der Waals surface area contributed by atoms with Crippen LogP contribution >= 0.6 is 0 Å². The summed E-state index contributed by atoms with van der Waals surface area (Å²) in [6.45, 7) is 4.29. The van der Waals surface area contributed by atoms with E-state index in [9.17, 15) is 8.42 Å². The minimum absolute atomic E-state index is 0.118. The Morgan fingerprint density at radius 2 is 1.81 bits per heavy atom. The summed E-state index contributed by atoms with van der Waals surface area (Å²) in [5, 5.41) is 12.6. The van der Waals surface area contributed by atoms with Crippen LogP contribution < -0.4 is 5.32 Å². The topological polar surface area (TPSA) is 89.2 Å². The number of para-hydroxylation sites is 1. The van der Waals surface area contributed by atoms with Crippen LogP contribution in [0.5, 0.6) is 0 Å². The van der Waals surface area contributed by atoms with Gasteiger partial charge in [-0.2, -0.15) is 4.52 Å². The number of aryl methyl sites for hydroxylation is 1. The zero-order valence-electron chi connectivity index (χ0n) is 18.3. The zero-order valence-corrected chi connectivity index (χ0v) is 19.1. The summed E-state index contributed by atoms with van der Waals surface area (Å²) in [5.74, 6) is 1.22. The van der Waals surface area contributed by atoms with Gasteiger partial charge in [-0.1, -0.05) is 56.2 Å². The van der Waals surface area contributed by atoms with E-state index in [-0.39, 0.29) is 15.6 Å². The highest BCUT2D eigenvalue weighted by molar-refractivity contribution is 7.91. The number of nitrogens with one attached hydrogen (secondary N) is 1. The Bertz CT molecular complexity index is 1380. The quantitative estimate of drug-likeness (QED) is 0.476. The number of fused-ring (bicyclic) bond motifs is 3. The largest absolute Gasteiger partial charge is 0.366 e. The number of anilines is 1. The van der Waals surface area contributed by atoms with Gasteiger partial charge in [0.15, 0.2) is 5.65 Å². The predicted octanol–water partition coefficient (Wildman–Crippen LogP) is 4.66. The highest BCUT2D eigenvalue weighted by atomic mass is 32.2. The fraction of sp³-hybridized carbons (Fsp3) is 0.375. The van der Waals surface area contributed by atoms with Crippen molar-refractivity contribution in [1.29, 1.82) is 0 Å². The molecular formula is C24H27N5O2S. The van der Waals surface area contributed by atoms with Crippen LogP contribution in [-0.4, -0.2) is 34.3 Å². The van der Waals surface area contributed by atoms with E-state index in [4.69, 9.17) is 4.98 Å². The van der Waals surface area contributed by atoms with E-state index in [1.54, 1.807) is 12.1 Å². The van der Waals surface area contributed by atoms with Crippen LogP contribution in [0.15, 0.2) is 58.5 Å². The first-order chi connectivity index (χ1) is 15.5. The third kappa shape index (κ3) is 3.52. The van der Waals surface area contributed by atoms with Gasteiger partial charge >= 0.3 is 0 Å². The van der Waals surface area contributed by atoms with Crippen molar-refractivity contribution < 1.29 is 8.42 Å². The summed E-state index contributed by atoms with van der Waals surface area (Å²) < 4.78 is 28.4. The van der Waals surface area contributed by atoms with Crippen molar-refractivity contribution in [3.8, 4) is 0 Å². The van der Waals surface area contributed by atoms with Crippen LogP contribution in [0.25, 0.3) is 16.6 Å². The average Bonchev–Trinajstić information content (AvgIpc) is 3.26. The molecule has 0 spiro atoms. The maximum Gasteiger partial charge on any atom is 0.229 e. The summed E-state index contributed by atoms with van der Waals surface area (Å²) >= 11 is 0. The van der Waals surface area contributed by atoms with E-state index in [1.807, 2.05) is 43.3 Å². The van der Waals surface area contributed by atoms with Crippen LogP contribution in [0, 0.1) is 5.92 Å². The third-order valence-electron chi connectivity index (χ3n) is 6.55. The monoisotopic (exact) mass is 449 g/mol. The Labute approximate surface area is 187 Å². The highest BCUT2D eigenvalue weighted by Gasteiger charge is 2.28. The molecule has 1 fully saturated rings. The molecule has 2 aromatic heterocycles. The zero-order chi connectivity index (χ0) is 22.3. The molecule has 0 saturated heterocycles. The minimum Gasteiger partial charge on any atom is -0.366 e. The summed E-state index contributed by atoms with van der Waals surface area (Å²) in [6.07, 6.45) is 5.54. The molecule has 1 N–H and O–H groups in total. The molecule has 2 heterocycles. The fourth-order valence-electron chi connectivity index (χ4n) is 4.55. The minimum atomic E-state index is -3.86. The van der Waals surface area contributed by atoms with Gasteiger partial charge in [0.25, 0.3) is 0 Å². The Morgan fingerprint density at radius 1 is 1.06 bits per heavy atom.